The lowest BCUT2D eigenvalue weighted by Crippen LogP contribution is -2.18. The van der Waals surface area contributed by atoms with Gasteiger partial charge in [-0.1, -0.05) is 61.3 Å². The minimum absolute atomic E-state index is 0.226. The standard InChI is InChI=1S/C29H27ClO4S/c1-20-5-14-25(15-6-20)35(31,32)26-16-12-24(13-17-26)34-23-10-7-21(8-11-23)29(2,3)22-9-18-28(33-4)27(30)19-22/h5-19H,1-4H3. The van der Waals surface area contributed by atoms with Crippen molar-refractivity contribution in [3.8, 4) is 17.2 Å². The summed E-state index contributed by atoms with van der Waals surface area (Å²) in [4.78, 5) is 0.497. The third-order valence-corrected chi connectivity index (χ3v) is 8.23. The molecule has 0 bridgehead atoms. The molecule has 0 N–H and O–H groups in total. The van der Waals surface area contributed by atoms with Gasteiger partial charge in [0.05, 0.1) is 21.9 Å². The van der Waals surface area contributed by atoms with Crippen molar-refractivity contribution in [1.82, 2.24) is 0 Å². The molecule has 0 fully saturated rings. The average molecular weight is 507 g/mol. The molecule has 4 nitrogen and oxygen atoms in total. The maximum Gasteiger partial charge on any atom is 0.206 e. The largest absolute Gasteiger partial charge is 0.495 e. The molecule has 35 heavy (non-hydrogen) atoms. The summed E-state index contributed by atoms with van der Waals surface area (Å²) in [7, 11) is -1.98. The van der Waals surface area contributed by atoms with Gasteiger partial charge in [0.25, 0.3) is 0 Å². The van der Waals surface area contributed by atoms with Crippen LogP contribution in [0.5, 0.6) is 17.2 Å². The molecule has 0 unspecified atom stereocenters. The van der Waals surface area contributed by atoms with Crippen molar-refractivity contribution in [3.63, 3.8) is 0 Å². The lowest BCUT2D eigenvalue weighted by Gasteiger charge is -2.27. The summed E-state index contributed by atoms with van der Waals surface area (Å²) in [5.74, 6) is 1.86. The van der Waals surface area contributed by atoms with Crippen LogP contribution in [0.15, 0.2) is 101 Å². The molecule has 0 saturated carbocycles. The zero-order chi connectivity index (χ0) is 25.2. The topological polar surface area (TPSA) is 52.6 Å². The highest BCUT2D eigenvalue weighted by atomic mass is 35.5. The first-order valence-electron chi connectivity index (χ1n) is 11.2. The van der Waals surface area contributed by atoms with E-state index in [1.54, 1.807) is 55.6 Å². The number of halogens is 1. The fourth-order valence-corrected chi connectivity index (χ4v) is 5.36. The second-order valence-corrected chi connectivity index (χ2v) is 11.2. The van der Waals surface area contributed by atoms with Gasteiger partial charge in [-0.2, -0.15) is 0 Å². The van der Waals surface area contributed by atoms with Gasteiger partial charge in [-0.25, -0.2) is 8.42 Å². The Morgan fingerprint density at radius 3 is 1.71 bits per heavy atom. The first-order chi connectivity index (χ1) is 16.6. The van der Waals surface area contributed by atoms with Crippen LogP contribution >= 0.6 is 11.6 Å². The number of aryl methyl sites for hydroxylation is 1. The maximum absolute atomic E-state index is 12.9. The Morgan fingerprint density at radius 2 is 1.20 bits per heavy atom. The third kappa shape index (κ3) is 5.21. The Morgan fingerprint density at radius 1 is 0.714 bits per heavy atom. The minimum Gasteiger partial charge on any atom is -0.495 e. The van der Waals surface area contributed by atoms with Gasteiger partial charge in [-0.15, -0.1) is 0 Å². The normalized spacial score (nSPS) is 11.8. The molecule has 0 radical (unpaired) electrons. The van der Waals surface area contributed by atoms with Crippen LogP contribution in [-0.2, 0) is 15.3 Å². The van der Waals surface area contributed by atoms with Gasteiger partial charge in [0.15, 0.2) is 0 Å². The molecular formula is C29H27ClO4S. The van der Waals surface area contributed by atoms with Crippen molar-refractivity contribution >= 4 is 21.4 Å². The maximum atomic E-state index is 12.9. The number of ether oxygens (including phenoxy) is 2. The molecule has 0 aliphatic heterocycles. The van der Waals surface area contributed by atoms with Crippen LogP contribution in [0.3, 0.4) is 0 Å². The van der Waals surface area contributed by atoms with Crippen LogP contribution in [0.2, 0.25) is 5.02 Å². The number of hydrogen-bond donors (Lipinski definition) is 0. The summed E-state index contributed by atoms with van der Waals surface area (Å²) in [5.41, 5.74) is 2.91. The number of methoxy groups -OCH3 is 1. The van der Waals surface area contributed by atoms with E-state index in [0.717, 1.165) is 16.7 Å². The molecule has 0 aromatic heterocycles. The second kappa shape index (κ2) is 9.76. The van der Waals surface area contributed by atoms with E-state index in [1.165, 1.54) is 0 Å². The highest BCUT2D eigenvalue weighted by Crippen LogP contribution is 2.37. The summed E-state index contributed by atoms with van der Waals surface area (Å²) in [6.07, 6.45) is 0. The van der Waals surface area contributed by atoms with Crippen molar-refractivity contribution in [3.05, 3.63) is 113 Å². The molecule has 0 saturated heterocycles. The van der Waals surface area contributed by atoms with Crippen LogP contribution in [0, 0.1) is 6.92 Å². The fraction of sp³-hybridized carbons (Fsp3) is 0.172. The highest BCUT2D eigenvalue weighted by molar-refractivity contribution is 7.91. The summed E-state index contributed by atoms with van der Waals surface area (Å²) in [6.45, 7) is 6.19. The number of sulfone groups is 1. The summed E-state index contributed by atoms with van der Waals surface area (Å²) < 4.78 is 36.9. The Labute approximate surface area is 212 Å². The van der Waals surface area contributed by atoms with Gasteiger partial charge in [-0.05, 0) is 78.7 Å². The first-order valence-corrected chi connectivity index (χ1v) is 13.0. The Kier molecular flexibility index (Phi) is 6.93. The van der Waals surface area contributed by atoms with Gasteiger partial charge in [-0.3, -0.25) is 0 Å². The van der Waals surface area contributed by atoms with E-state index in [9.17, 15) is 8.42 Å². The van der Waals surface area contributed by atoms with Gasteiger partial charge >= 0.3 is 0 Å². The van der Waals surface area contributed by atoms with E-state index in [2.05, 4.69) is 13.8 Å². The second-order valence-electron chi connectivity index (χ2n) is 8.89. The van der Waals surface area contributed by atoms with Crippen LogP contribution < -0.4 is 9.47 Å². The van der Waals surface area contributed by atoms with Gasteiger partial charge < -0.3 is 9.47 Å². The summed E-state index contributed by atoms with van der Waals surface area (Å²) in [6, 6.07) is 26.9. The lowest BCUT2D eigenvalue weighted by atomic mass is 9.78. The van der Waals surface area contributed by atoms with E-state index >= 15 is 0 Å². The molecule has 4 rings (SSSR count). The van der Waals surface area contributed by atoms with E-state index in [4.69, 9.17) is 21.1 Å². The zero-order valence-corrected chi connectivity index (χ0v) is 21.7. The third-order valence-electron chi connectivity index (χ3n) is 6.15. The molecule has 0 amide bonds. The van der Waals surface area contributed by atoms with Gasteiger partial charge in [0.1, 0.15) is 17.2 Å². The average Bonchev–Trinajstić information content (AvgIpc) is 2.85. The summed E-state index contributed by atoms with van der Waals surface area (Å²) in [5, 5.41) is 0.575. The van der Waals surface area contributed by atoms with E-state index < -0.39 is 9.84 Å². The first kappa shape index (κ1) is 24.8. The Hall–Kier alpha value is -3.28. The fourth-order valence-electron chi connectivity index (χ4n) is 3.84. The molecule has 4 aromatic carbocycles. The molecule has 0 heterocycles. The number of rotatable bonds is 7. The molecule has 0 atom stereocenters. The number of benzene rings is 4. The molecule has 0 spiro atoms. The predicted octanol–water partition coefficient (Wildman–Crippen LogP) is 7.61. The Bertz CT molecular complexity index is 1420. The molecule has 0 aliphatic rings. The van der Waals surface area contributed by atoms with Crippen molar-refractivity contribution in [2.75, 3.05) is 7.11 Å². The van der Waals surface area contributed by atoms with Crippen LogP contribution in [-0.4, -0.2) is 15.5 Å². The van der Waals surface area contributed by atoms with Crippen LogP contribution in [0.4, 0.5) is 0 Å². The molecule has 0 aliphatic carbocycles. The number of hydrogen-bond acceptors (Lipinski definition) is 4. The van der Waals surface area contributed by atoms with Crippen molar-refractivity contribution in [2.24, 2.45) is 0 Å². The monoisotopic (exact) mass is 506 g/mol. The smallest absolute Gasteiger partial charge is 0.206 e. The molecule has 6 heteroatoms. The lowest BCUT2D eigenvalue weighted by molar-refractivity contribution is 0.414. The molecular weight excluding hydrogens is 480 g/mol. The van der Waals surface area contributed by atoms with E-state index in [-0.39, 0.29) is 15.2 Å². The quantitative estimate of drug-likeness (QED) is 0.259. The van der Waals surface area contributed by atoms with Gasteiger partial charge in [0, 0.05) is 5.41 Å². The van der Waals surface area contributed by atoms with Crippen molar-refractivity contribution < 1.29 is 17.9 Å². The highest BCUT2D eigenvalue weighted by Gasteiger charge is 2.24. The summed E-state index contributed by atoms with van der Waals surface area (Å²) >= 11 is 6.34. The van der Waals surface area contributed by atoms with Crippen molar-refractivity contribution in [2.45, 2.75) is 36.0 Å². The Balaban J connectivity index is 1.50. The minimum atomic E-state index is -3.57. The predicted molar refractivity (Wildman–Crippen MR) is 140 cm³/mol. The SMILES string of the molecule is COc1ccc(C(C)(C)c2ccc(Oc3ccc(S(=O)(=O)c4ccc(C)cc4)cc3)cc2)cc1Cl. The van der Waals surface area contributed by atoms with E-state index in [1.807, 2.05) is 49.4 Å². The van der Waals surface area contributed by atoms with Gasteiger partial charge in [0.2, 0.25) is 9.84 Å². The molecule has 4 aromatic rings. The van der Waals surface area contributed by atoms with Crippen LogP contribution in [0.1, 0.15) is 30.5 Å². The van der Waals surface area contributed by atoms with Crippen LogP contribution in [0.25, 0.3) is 0 Å². The van der Waals surface area contributed by atoms with E-state index in [0.29, 0.717) is 22.3 Å². The zero-order valence-electron chi connectivity index (χ0n) is 20.1. The molecule has 180 valence electrons. The van der Waals surface area contributed by atoms with Crippen molar-refractivity contribution in [1.29, 1.82) is 0 Å².